The first-order chi connectivity index (χ1) is 18.1. The summed E-state index contributed by atoms with van der Waals surface area (Å²) in [6, 6.07) is 8.35. The fourth-order valence-electron chi connectivity index (χ4n) is 4.18. The summed E-state index contributed by atoms with van der Waals surface area (Å²) in [7, 11) is 0. The molecule has 0 spiro atoms. The number of aliphatic hydroxyl groups excluding tert-OH is 1. The van der Waals surface area contributed by atoms with Crippen molar-refractivity contribution >= 4 is 23.3 Å². The molecule has 5 N–H and O–H groups in total. The maximum Gasteiger partial charge on any atom is 0.418 e. The third kappa shape index (κ3) is 7.51. The number of anilines is 1. The first-order valence-corrected chi connectivity index (χ1v) is 12.2. The fraction of sp³-hybridized carbons (Fsp3) is 0.462. The number of nitrogens with one attached hydrogen (secondary N) is 2. The Labute approximate surface area is 223 Å². The number of alkyl halides is 3. The van der Waals surface area contributed by atoms with Gasteiger partial charge in [-0.2, -0.15) is 18.4 Å². The number of hydrogen-bond acceptors (Lipinski definition) is 7. The molecule has 1 aromatic carbocycles. The molecular weight excluding hydrogens is 517 g/mol. The number of aromatic amines is 1. The second-order valence-corrected chi connectivity index (χ2v) is 10.3. The predicted molar refractivity (Wildman–Crippen MR) is 139 cm³/mol. The first kappa shape index (κ1) is 29.5. The third-order valence-electron chi connectivity index (χ3n) is 6.17. The van der Waals surface area contributed by atoms with Gasteiger partial charge in [0.15, 0.2) is 6.10 Å². The Morgan fingerprint density at radius 2 is 1.87 bits per heavy atom. The Bertz CT molecular complexity index is 1300. The minimum absolute atomic E-state index is 0.0104. The van der Waals surface area contributed by atoms with Crippen molar-refractivity contribution in [1.29, 1.82) is 5.26 Å². The molecule has 1 aromatic heterocycles. The van der Waals surface area contributed by atoms with E-state index in [0.29, 0.717) is 31.6 Å². The van der Waals surface area contributed by atoms with Crippen LogP contribution >= 0.6 is 0 Å². The van der Waals surface area contributed by atoms with Crippen molar-refractivity contribution in [3.05, 3.63) is 58.0 Å². The Balaban J connectivity index is 1.85. The quantitative estimate of drug-likeness (QED) is 0.313. The molecule has 39 heavy (non-hydrogen) atoms. The number of aliphatic imine (C=N–C) groups is 1. The predicted octanol–water partition coefficient (Wildman–Crippen LogP) is 4.10. The molecule has 2 heterocycles. The molecular formula is C26H31F3N6O4. The highest BCUT2D eigenvalue weighted by molar-refractivity contribution is 6.03. The number of benzene rings is 1. The van der Waals surface area contributed by atoms with Gasteiger partial charge in [-0.1, -0.05) is 12.1 Å². The SMILES string of the molecule is CC(C)(C)OC(=O)N1CCC(CC#N)(Nc2cc[nH]c(=O)c2C(N)=Nc2ccc([C@@H](O)C(F)(F)F)cc2)CC1. The van der Waals surface area contributed by atoms with Crippen LogP contribution in [-0.2, 0) is 4.74 Å². The number of nitriles is 1. The van der Waals surface area contributed by atoms with Crippen molar-refractivity contribution in [2.45, 2.75) is 63.5 Å². The Kier molecular flexibility index (Phi) is 8.60. The highest BCUT2D eigenvalue weighted by Gasteiger charge is 2.39. The highest BCUT2D eigenvalue weighted by atomic mass is 19.4. The summed E-state index contributed by atoms with van der Waals surface area (Å²) < 4.78 is 43.8. The van der Waals surface area contributed by atoms with E-state index >= 15 is 0 Å². The lowest BCUT2D eigenvalue weighted by Crippen LogP contribution is -2.52. The molecule has 1 amide bonds. The number of carbonyl (C=O) groups excluding carboxylic acids is 1. The van der Waals surface area contributed by atoms with Crippen molar-refractivity contribution in [3.63, 3.8) is 0 Å². The van der Waals surface area contributed by atoms with Crippen LogP contribution in [0.25, 0.3) is 0 Å². The van der Waals surface area contributed by atoms with E-state index in [2.05, 4.69) is 21.4 Å². The van der Waals surface area contributed by atoms with Crippen LogP contribution in [0.15, 0.2) is 46.3 Å². The average molecular weight is 549 g/mol. The van der Waals surface area contributed by atoms with Crippen LogP contribution < -0.4 is 16.6 Å². The molecule has 3 rings (SSSR count). The number of aromatic nitrogens is 1. The van der Waals surface area contributed by atoms with Crippen molar-refractivity contribution < 1.29 is 27.8 Å². The van der Waals surface area contributed by atoms with E-state index in [4.69, 9.17) is 10.5 Å². The average Bonchev–Trinajstić information content (AvgIpc) is 2.83. The van der Waals surface area contributed by atoms with E-state index in [1.165, 1.54) is 18.3 Å². The fourth-order valence-corrected chi connectivity index (χ4v) is 4.18. The zero-order valence-electron chi connectivity index (χ0n) is 21.8. The number of nitrogens with zero attached hydrogens (tertiary/aromatic N) is 3. The molecule has 1 atom stereocenters. The van der Waals surface area contributed by atoms with Crippen molar-refractivity contribution in [3.8, 4) is 6.07 Å². The van der Waals surface area contributed by atoms with Crippen LogP contribution in [0.5, 0.6) is 0 Å². The number of ether oxygens (including phenoxy) is 1. The standard InChI is InChI=1S/C26H31F3N6O4/c1-24(2,3)39-23(38)35-14-10-25(9-12-30,11-15-35)34-18-8-13-32-22(37)19(18)21(31)33-17-6-4-16(5-7-17)20(36)26(27,28)29/h4-8,13,20,36H,9-11,14-15H2,1-3H3,(H2,31,33)(H2,32,34,37)/t20-/m1/s1. The molecule has 0 unspecified atom stereocenters. The number of halogens is 3. The number of likely N-dealkylation sites (tertiary alicyclic amines) is 1. The number of carbonyl (C=O) groups is 1. The van der Waals surface area contributed by atoms with Gasteiger partial charge in [-0.15, -0.1) is 0 Å². The number of pyridine rings is 1. The molecule has 0 bridgehead atoms. The monoisotopic (exact) mass is 548 g/mol. The second-order valence-electron chi connectivity index (χ2n) is 10.3. The number of hydrogen-bond donors (Lipinski definition) is 4. The van der Waals surface area contributed by atoms with Crippen molar-refractivity contribution in [1.82, 2.24) is 9.88 Å². The second kappa shape index (κ2) is 11.4. The molecule has 1 saturated heterocycles. The number of aliphatic hydroxyl groups is 1. The molecule has 10 nitrogen and oxygen atoms in total. The minimum atomic E-state index is -4.82. The topological polar surface area (TPSA) is 157 Å². The zero-order valence-corrected chi connectivity index (χ0v) is 21.8. The van der Waals surface area contributed by atoms with Crippen molar-refractivity contribution in [2.24, 2.45) is 10.7 Å². The number of H-pyrrole nitrogens is 1. The van der Waals surface area contributed by atoms with Crippen LogP contribution in [0, 0.1) is 11.3 Å². The number of amides is 1. The summed E-state index contributed by atoms with van der Waals surface area (Å²) in [5.41, 5.74) is 4.28. The number of piperidine rings is 1. The van der Waals surface area contributed by atoms with Gasteiger partial charge in [0.25, 0.3) is 5.56 Å². The Morgan fingerprint density at radius 3 is 2.41 bits per heavy atom. The normalized spacial score (nSPS) is 16.8. The Morgan fingerprint density at radius 1 is 1.26 bits per heavy atom. The van der Waals surface area contributed by atoms with Crippen LogP contribution in [0.4, 0.5) is 29.3 Å². The van der Waals surface area contributed by atoms with Crippen LogP contribution in [-0.4, -0.2) is 57.3 Å². The molecule has 1 aliphatic heterocycles. The van der Waals surface area contributed by atoms with Gasteiger partial charge in [0, 0.05) is 19.3 Å². The lowest BCUT2D eigenvalue weighted by Gasteiger charge is -2.42. The van der Waals surface area contributed by atoms with Gasteiger partial charge in [0.1, 0.15) is 17.0 Å². The summed E-state index contributed by atoms with van der Waals surface area (Å²) in [5, 5.41) is 22.2. The van der Waals surface area contributed by atoms with Gasteiger partial charge < -0.3 is 30.8 Å². The van der Waals surface area contributed by atoms with E-state index in [1.807, 2.05) is 0 Å². The van der Waals surface area contributed by atoms with E-state index < -0.39 is 35.1 Å². The molecule has 2 aromatic rings. The summed E-state index contributed by atoms with van der Waals surface area (Å²) in [5.74, 6) is -0.207. The van der Waals surface area contributed by atoms with Gasteiger partial charge in [0.2, 0.25) is 0 Å². The zero-order chi connectivity index (χ0) is 29.0. The lowest BCUT2D eigenvalue weighted by molar-refractivity contribution is -0.206. The van der Waals surface area contributed by atoms with E-state index in [-0.39, 0.29) is 29.1 Å². The number of rotatable bonds is 6. The van der Waals surface area contributed by atoms with E-state index in [0.717, 1.165) is 12.1 Å². The summed E-state index contributed by atoms with van der Waals surface area (Å²) in [6.45, 7) is 5.97. The van der Waals surface area contributed by atoms with E-state index in [9.17, 15) is 33.1 Å². The molecule has 1 aliphatic rings. The molecule has 1 fully saturated rings. The first-order valence-electron chi connectivity index (χ1n) is 12.2. The number of amidine groups is 1. The van der Waals surface area contributed by atoms with Gasteiger partial charge in [-0.25, -0.2) is 9.79 Å². The molecule has 210 valence electrons. The largest absolute Gasteiger partial charge is 0.444 e. The molecule has 0 saturated carbocycles. The summed E-state index contributed by atoms with van der Waals surface area (Å²) in [4.78, 5) is 33.5. The van der Waals surface area contributed by atoms with Crippen LogP contribution in [0.2, 0.25) is 0 Å². The molecule has 0 aliphatic carbocycles. The number of nitrogens with two attached hydrogens (primary N) is 1. The lowest BCUT2D eigenvalue weighted by atomic mass is 9.84. The third-order valence-corrected chi connectivity index (χ3v) is 6.17. The molecule has 0 radical (unpaired) electrons. The molecule has 13 heteroatoms. The minimum Gasteiger partial charge on any atom is -0.444 e. The van der Waals surface area contributed by atoms with Gasteiger partial charge in [0.05, 0.1) is 29.4 Å². The van der Waals surface area contributed by atoms with Crippen LogP contribution in [0.1, 0.15) is 57.3 Å². The van der Waals surface area contributed by atoms with Gasteiger partial charge >= 0.3 is 12.3 Å². The Hall–Kier alpha value is -4.05. The van der Waals surface area contributed by atoms with E-state index in [1.54, 1.807) is 31.7 Å². The van der Waals surface area contributed by atoms with Gasteiger partial charge in [-0.3, -0.25) is 4.79 Å². The maximum absolute atomic E-state index is 12.8. The maximum atomic E-state index is 12.8. The van der Waals surface area contributed by atoms with Crippen LogP contribution in [0.3, 0.4) is 0 Å². The summed E-state index contributed by atoms with van der Waals surface area (Å²) in [6.07, 6.45) is -5.62. The van der Waals surface area contributed by atoms with Crippen molar-refractivity contribution in [2.75, 3.05) is 18.4 Å². The van der Waals surface area contributed by atoms with Gasteiger partial charge in [-0.05, 0) is 57.4 Å². The summed E-state index contributed by atoms with van der Waals surface area (Å²) >= 11 is 0. The highest BCUT2D eigenvalue weighted by Crippen LogP contribution is 2.34. The smallest absolute Gasteiger partial charge is 0.418 e.